The van der Waals surface area contributed by atoms with E-state index in [-0.39, 0.29) is 0 Å². The summed E-state index contributed by atoms with van der Waals surface area (Å²) < 4.78 is 5.16. The van der Waals surface area contributed by atoms with Crippen molar-refractivity contribution in [1.29, 1.82) is 0 Å². The first-order valence-electron chi connectivity index (χ1n) is 4.46. The summed E-state index contributed by atoms with van der Waals surface area (Å²) in [7, 11) is 1.69. The van der Waals surface area contributed by atoms with Gasteiger partial charge in [-0.25, -0.2) is 0 Å². The van der Waals surface area contributed by atoms with Gasteiger partial charge in [0.15, 0.2) is 0 Å². The predicted octanol–water partition coefficient (Wildman–Crippen LogP) is 2.22. The van der Waals surface area contributed by atoms with E-state index in [0.717, 1.165) is 18.7 Å². The lowest BCUT2D eigenvalue weighted by Crippen LogP contribution is -1.99. The maximum Gasteiger partial charge on any atom is 0.120 e. The van der Waals surface area contributed by atoms with Crippen LogP contribution in [0.15, 0.2) is 30.4 Å². The topological polar surface area (TPSA) is 21.3 Å². The maximum absolute atomic E-state index is 5.16. The number of fused-ring (bicyclic) bond motifs is 1. The molecular formula is C11H13NO. The van der Waals surface area contributed by atoms with E-state index in [1.807, 2.05) is 12.1 Å². The normalized spacial score (nSPS) is 14.2. The molecule has 0 fully saturated rings. The number of allylic oxidation sites excluding steroid dienone is 1. The third kappa shape index (κ3) is 1.66. The van der Waals surface area contributed by atoms with E-state index in [4.69, 9.17) is 4.74 Å². The fourth-order valence-electron chi connectivity index (χ4n) is 1.49. The number of nitrogens with one attached hydrogen (secondary N) is 1. The van der Waals surface area contributed by atoms with Gasteiger partial charge in [0.25, 0.3) is 0 Å². The lowest BCUT2D eigenvalue weighted by Gasteiger charge is -2.09. The van der Waals surface area contributed by atoms with Crippen LogP contribution in [0.3, 0.4) is 0 Å². The SMILES string of the molecule is COc1ccc2c(c1)NCC=CC2. The average molecular weight is 175 g/mol. The zero-order chi connectivity index (χ0) is 9.10. The lowest BCUT2D eigenvalue weighted by molar-refractivity contribution is 0.415. The van der Waals surface area contributed by atoms with E-state index < -0.39 is 0 Å². The van der Waals surface area contributed by atoms with Crippen molar-refractivity contribution in [3.8, 4) is 5.75 Å². The highest BCUT2D eigenvalue weighted by Crippen LogP contribution is 2.24. The molecule has 0 spiro atoms. The molecule has 2 rings (SSSR count). The quantitative estimate of drug-likeness (QED) is 0.661. The Balaban J connectivity index is 2.36. The van der Waals surface area contributed by atoms with Gasteiger partial charge in [0.2, 0.25) is 0 Å². The van der Waals surface area contributed by atoms with Crippen LogP contribution in [0.25, 0.3) is 0 Å². The van der Waals surface area contributed by atoms with Gasteiger partial charge in [-0.2, -0.15) is 0 Å². The predicted molar refractivity (Wildman–Crippen MR) is 54.3 cm³/mol. The maximum atomic E-state index is 5.16. The van der Waals surface area contributed by atoms with E-state index in [9.17, 15) is 0 Å². The third-order valence-electron chi connectivity index (χ3n) is 2.23. The number of ether oxygens (including phenoxy) is 1. The highest BCUT2D eigenvalue weighted by Gasteiger charge is 2.04. The van der Waals surface area contributed by atoms with Crippen LogP contribution in [-0.4, -0.2) is 13.7 Å². The first-order valence-corrected chi connectivity index (χ1v) is 4.46. The Hall–Kier alpha value is -1.44. The monoisotopic (exact) mass is 175 g/mol. The van der Waals surface area contributed by atoms with Gasteiger partial charge in [-0.1, -0.05) is 18.2 Å². The van der Waals surface area contributed by atoms with Crippen molar-refractivity contribution < 1.29 is 4.74 Å². The molecule has 0 saturated heterocycles. The van der Waals surface area contributed by atoms with Gasteiger partial charge in [-0.15, -0.1) is 0 Å². The van der Waals surface area contributed by atoms with E-state index in [1.165, 1.54) is 11.3 Å². The molecule has 0 bridgehead atoms. The second kappa shape index (κ2) is 3.52. The number of anilines is 1. The molecule has 1 aliphatic rings. The standard InChI is InChI=1S/C11H13NO/c1-13-10-6-5-9-4-2-3-7-12-11(9)8-10/h2-3,5-6,8,12H,4,7H2,1H3. The molecule has 13 heavy (non-hydrogen) atoms. The molecule has 1 aliphatic heterocycles. The molecule has 0 radical (unpaired) electrons. The van der Waals surface area contributed by atoms with Crippen LogP contribution in [0.5, 0.6) is 5.75 Å². The molecule has 0 aromatic heterocycles. The van der Waals surface area contributed by atoms with Gasteiger partial charge >= 0.3 is 0 Å². The second-order valence-electron chi connectivity index (χ2n) is 3.08. The molecule has 1 aromatic carbocycles. The van der Waals surface area contributed by atoms with Crippen molar-refractivity contribution in [1.82, 2.24) is 0 Å². The molecule has 0 atom stereocenters. The summed E-state index contributed by atoms with van der Waals surface area (Å²) in [4.78, 5) is 0. The van der Waals surface area contributed by atoms with Crippen molar-refractivity contribution >= 4 is 5.69 Å². The van der Waals surface area contributed by atoms with Crippen molar-refractivity contribution in [2.45, 2.75) is 6.42 Å². The van der Waals surface area contributed by atoms with E-state index >= 15 is 0 Å². The number of hydrogen-bond acceptors (Lipinski definition) is 2. The van der Waals surface area contributed by atoms with Gasteiger partial charge < -0.3 is 10.1 Å². The van der Waals surface area contributed by atoms with Gasteiger partial charge in [-0.05, 0) is 18.1 Å². The molecule has 0 aliphatic carbocycles. The molecule has 1 heterocycles. The fraction of sp³-hybridized carbons (Fsp3) is 0.273. The van der Waals surface area contributed by atoms with Gasteiger partial charge in [0.05, 0.1) is 7.11 Å². The van der Waals surface area contributed by atoms with E-state index in [2.05, 4.69) is 23.5 Å². The summed E-state index contributed by atoms with van der Waals surface area (Å²) in [6, 6.07) is 6.15. The summed E-state index contributed by atoms with van der Waals surface area (Å²) in [6.07, 6.45) is 5.34. The van der Waals surface area contributed by atoms with E-state index in [1.54, 1.807) is 7.11 Å². The van der Waals surface area contributed by atoms with Crippen molar-refractivity contribution in [3.63, 3.8) is 0 Å². The molecule has 0 unspecified atom stereocenters. The van der Waals surface area contributed by atoms with Gasteiger partial charge in [0.1, 0.15) is 5.75 Å². The molecule has 2 heteroatoms. The molecule has 0 amide bonds. The molecular weight excluding hydrogens is 162 g/mol. The van der Waals surface area contributed by atoms with E-state index in [0.29, 0.717) is 0 Å². The highest BCUT2D eigenvalue weighted by atomic mass is 16.5. The van der Waals surface area contributed by atoms with Crippen LogP contribution < -0.4 is 10.1 Å². The van der Waals surface area contributed by atoms with Gasteiger partial charge in [-0.3, -0.25) is 0 Å². The number of hydrogen-bond donors (Lipinski definition) is 1. The minimum atomic E-state index is 0.903. The smallest absolute Gasteiger partial charge is 0.120 e. The Morgan fingerprint density at radius 2 is 2.23 bits per heavy atom. The molecule has 68 valence electrons. The Bertz CT molecular complexity index is 331. The van der Waals surface area contributed by atoms with Crippen LogP contribution in [0.4, 0.5) is 5.69 Å². The summed E-state index contributed by atoms with van der Waals surface area (Å²) in [5.41, 5.74) is 2.51. The van der Waals surface area contributed by atoms with Crippen LogP contribution in [0.2, 0.25) is 0 Å². The summed E-state index contributed by atoms with van der Waals surface area (Å²) in [5.74, 6) is 0.910. The largest absolute Gasteiger partial charge is 0.497 e. The van der Waals surface area contributed by atoms with Crippen molar-refractivity contribution in [3.05, 3.63) is 35.9 Å². The molecule has 2 nitrogen and oxygen atoms in total. The Kier molecular flexibility index (Phi) is 2.21. The summed E-state index contributed by atoms with van der Waals surface area (Å²) in [5, 5.41) is 3.33. The third-order valence-corrected chi connectivity index (χ3v) is 2.23. The van der Waals surface area contributed by atoms with Crippen LogP contribution in [-0.2, 0) is 6.42 Å². The van der Waals surface area contributed by atoms with Crippen LogP contribution in [0, 0.1) is 0 Å². The van der Waals surface area contributed by atoms with Crippen LogP contribution in [0.1, 0.15) is 5.56 Å². The second-order valence-corrected chi connectivity index (χ2v) is 3.08. The molecule has 1 aromatic rings. The Morgan fingerprint density at radius 1 is 1.31 bits per heavy atom. The number of benzene rings is 1. The first-order chi connectivity index (χ1) is 6.40. The van der Waals surface area contributed by atoms with Crippen molar-refractivity contribution in [2.24, 2.45) is 0 Å². The minimum Gasteiger partial charge on any atom is -0.497 e. The summed E-state index contributed by atoms with van der Waals surface area (Å²) >= 11 is 0. The minimum absolute atomic E-state index is 0.903. The molecule has 0 saturated carbocycles. The average Bonchev–Trinajstić information content (AvgIpc) is 2.41. The Morgan fingerprint density at radius 3 is 3.08 bits per heavy atom. The zero-order valence-corrected chi connectivity index (χ0v) is 7.71. The lowest BCUT2D eigenvalue weighted by atomic mass is 10.1. The highest BCUT2D eigenvalue weighted by molar-refractivity contribution is 5.57. The number of rotatable bonds is 1. The molecule has 1 N–H and O–H groups in total. The van der Waals surface area contributed by atoms with Gasteiger partial charge in [0, 0.05) is 18.3 Å². The zero-order valence-electron chi connectivity index (χ0n) is 7.71. The number of methoxy groups -OCH3 is 1. The fourth-order valence-corrected chi connectivity index (χ4v) is 1.49. The first kappa shape index (κ1) is 8.17. The van der Waals surface area contributed by atoms with Crippen molar-refractivity contribution in [2.75, 3.05) is 19.0 Å². The Labute approximate surface area is 78.2 Å². The van der Waals surface area contributed by atoms with Crippen LogP contribution >= 0.6 is 0 Å². The summed E-state index contributed by atoms with van der Waals surface area (Å²) in [6.45, 7) is 0.903.